The minimum atomic E-state index is 0.634. The van der Waals surface area contributed by atoms with Gasteiger partial charge in [-0.25, -0.2) is 0 Å². The summed E-state index contributed by atoms with van der Waals surface area (Å²) in [5.41, 5.74) is 2.52. The van der Waals surface area contributed by atoms with Crippen LogP contribution < -0.4 is 15.4 Å². The van der Waals surface area contributed by atoms with Crippen molar-refractivity contribution < 1.29 is 4.74 Å². The van der Waals surface area contributed by atoms with Crippen LogP contribution in [0.2, 0.25) is 0 Å². The number of hydrogen-bond donors (Lipinski definition) is 2. The van der Waals surface area contributed by atoms with Gasteiger partial charge < -0.3 is 15.4 Å². The molecule has 1 saturated heterocycles. The van der Waals surface area contributed by atoms with E-state index < -0.39 is 0 Å². The zero-order valence-corrected chi connectivity index (χ0v) is 11.5. The van der Waals surface area contributed by atoms with E-state index in [-0.39, 0.29) is 0 Å². The number of ether oxygens (including phenoxy) is 1. The van der Waals surface area contributed by atoms with Crippen LogP contribution in [0.15, 0.2) is 18.2 Å². The lowest BCUT2D eigenvalue weighted by Crippen LogP contribution is -2.41. The topological polar surface area (TPSA) is 33.3 Å². The fourth-order valence-electron chi connectivity index (χ4n) is 2.52. The molecule has 1 atom stereocenters. The number of piperidine rings is 1. The maximum absolute atomic E-state index is 5.39. The summed E-state index contributed by atoms with van der Waals surface area (Å²) in [4.78, 5) is 0. The molecule has 3 nitrogen and oxygen atoms in total. The van der Waals surface area contributed by atoms with Crippen LogP contribution in [0, 0.1) is 6.92 Å². The Labute approximate surface area is 110 Å². The molecule has 3 heteroatoms. The predicted molar refractivity (Wildman–Crippen MR) is 75.1 cm³/mol. The third-order valence-electron chi connectivity index (χ3n) is 3.55. The Morgan fingerprint density at radius 3 is 3.00 bits per heavy atom. The van der Waals surface area contributed by atoms with E-state index in [1.165, 1.54) is 36.9 Å². The van der Waals surface area contributed by atoms with Crippen LogP contribution in [0.5, 0.6) is 5.75 Å². The van der Waals surface area contributed by atoms with Crippen molar-refractivity contribution in [2.24, 2.45) is 0 Å². The van der Waals surface area contributed by atoms with Gasteiger partial charge in [-0.2, -0.15) is 0 Å². The maximum Gasteiger partial charge on any atom is 0.123 e. The summed E-state index contributed by atoms with van der Waals surface area (Å²) in [6.07, 6.45) is 3.97. The zero-order valence-electron chi connectivity index (χ0n) is 11.5. The van der Waals surface area contributed by atoms with Crippen LogP contribution in [0.4, 0.5) is 0 Å². The van der Waals surface area contributed by atoms with Crippen LogP contribution >= 0.6 is 0 Å². The molecule has 0 spiro atoms. The lowest BCUT2D eigenvalue weighted by Gasteiger charge is -2.23. The fourth-order valence-corrected chi connectivity index (χ4v) is 2.52. The van der Waals surface area contributed by atoms with Crippen molar-refractivity contribution in [2.75, 3.05) is 20.2 Å². The van der Waals surface area contributed by atoms with Crippen molar-refractivity contribution in [3.05, 3.63) is 29.3 Å². The Bertz CT molecular complexity index is 373. The lowest BCUT2D eigenvalue weighted by molar-refractivity contribution is 0.378. The van der Waals surface area contributed by atoms with Gasteiger partial charge in [0.2, 0.25) is 0 Å². The molecule has 0 aromatic heterocycles. The van der Waals surface area contributed by atoms with Crippen molar-refractivity contribution in [3.8, 4) is 5.75 Å². The normalized spacial score (nSPS) is 19.8. The average molecular weight is 248 g/mol. The lowest BCUT2D eigenvalue weighted by atomic mass is 10.0. The summed E-state index contributed by atoms with van der Waals surface area (Å²) in [5.74, 6) is 0.977. The summed E-state index contributed by atoms with van der Waals surface area (Å²) in [7, 11) is 1.73. The molecule has 0 aliphatic carbocycles. The molecule has 1 aliphatic rings. The highest BCUT2D eigenvalue weighted by Crippen LogP contribution is 2.19. The highest BCUT2D eigenvalue weighted by molar-refractivity contribution is 5.36. The van der Waals surface area contributed by atoms with Gasteiger partial charge in [0, 0.05) is 24.7 Å². The van der Waals surface area contributed by atoms with Gasteiger partial charge in [0.25, 0.3) is 0 Å². The molecule has 2 rings (SSSR count). The molecule has 1 unspecified atom stereocenters. The largest absolute Gasteiger partial charge is 0.496 e. The van der Waals surface area contributed by atoms with Crippen molar-refractivity contribution in [1.82, 2.24) is 10.6 Å². The molecule has 1 heterocycles. The molecule has 0 radical (unpaired) electrons. The number of methoxy groups -OCH3 is 1. The Hall–Kier alpha value is -1.06. The van der Waals surface area contributed by atoms with Gasteiger partial charge in [-0.15, -0.1) is 0 Å². The van der Waals surface area contributed by atoms with Crippen LogP contribution in [0.1, 0.15) is 30.4 Å². The van der Waals surface area contributed by atoms with Gasteiger partial charge >= 0.3 is 0 Å². The molecule has 0 saturated carbocycles. The highest BCUT2D eigenvalue weighted by Gasteiger charge is 2.12. The first-order chi connectivity index (χ1) is 8.79. The Balaban J connectivity index is 1.83. The molecule has 2 N–H and O–H groups in total. The molecule has 1 fully saturated rings. The second-order valence-corrected chi connectivity index (χ2v) is 5.09. The number of nitrogens with one attached hydrogen (secondary N) is 2. The van der Waals surface area contributed by atoms with Crippen LogP contribution in [0.25, 0.3) is 0 Å². The van der Waals surface area contributed by atoms with Gasteiger partial charge in [-0.05, 0) is 32.4 Å². The zero-order chi connectivity index (χ0) is 12.8. The quantitative estimate of drug-likeness (QED) is 0.838. The Kier molecular flexibility index (Phi) is 5.02. The van der Waals surface area contributed by atoms with Gasteiger partial charge in [0.15, 0.2) is 0 Å². The van der Waals surface area contributed by atoms with Gasteiger partial charge in [0.1, 0.15) is 5.75 Å². The van der Waals surface area contributed by atoms with E-state index in [9.17, 15) is 0 Å². The summed E-state index contributed by atoms with van der Waals surface area (Å²) >= 11 is 0. The summed E-state index contributed by atoms with van der Waals surface area (Å²) in [6, 6.07) is 6.96. The maximum atomic E-state index is 5.39. The predicted octanol–water partition coefficient (Wildman–Crippen LogP) is 2.24. The minimum Gasteiger partial charge on any atom is -0.496 e. The first-order valence-corrected chi connectivity index (χ1v) is 6.87. The number of hydrogen-bond acceptors (Lipinski definition) is 3. The second kappa shape index (κ2) is 6.76. The number of aryl methyl sites for hydroxylation is 1. The van der Waals surface area contributed by atoms with Crippen LogP contribution in [-0.2, 0) is 6.54 Å². The SMILES string of the molecule is COc1ccc(C)cc1CNCC1CCCCN1. The van der Waals surface area contributed by atoms with E-state index in [0.29, 0.717) is 6.04 Å². The molecule has 1 aliphatic heterocycles. The minimum absolute atomic E-state index is 0.634. The van der Waals surface area contributed by atoms with Gasteiger partial charge in [-0.3, -0.25) is 0 Å². The number of benzene rings is 1. The van der Waals surface area contributed by atoms with Crippen molar-refractivity contribution >= 4 is 0 Å². The number of rotatable bonds is 5. The van der Waals surface area contributed by atoms with E-state index in [0.717, 1.165) is 18.8 Å². The molecule has 18 heavy (non-hydrogen) atoms. The van der Waals surface area contributed by atoms with E-state index in [4.69, 9.17) is 4.74 Å². The van der Waals surface area contributed by atoms with Gasteiger partial charge in [-0.1, -0.05) is 24.1 Å². The van der Waals surface area contributed by atoms with E-state index in [1.54, 1.807) is 7.11 Å². The summed E-state index contributed by atoms with van der Waals surface area (Å²) in [6.45, 7) is 5.20. The summed E-state index contributed by atoms with van der Waals surface area (Å²) in [5, 5.41) is 7.08. The van der Waals surface area contributed by atoms with E-state index in [2.05, 4.69) is 29.7 Å². The van der Waals surface area contributed by atoms with Crippen LogP contribution in [0.3, 0.4) is 0 Å². The molecule has 1 aromatic carbocycles. The second-order valence-electron chi connectivity index (χ2n) is 5.09. The molecular formula is C15H24N2O. The standard InChI is InChI=1S/C15H24N2O/c1-12-6-7-15(18-2)13(9-12)10-16-11-14-5-3-4-8-17-14/h6-7,9,14,16-17H,3-5,8,10-11H2,1-2H3. The Morgan fingerprint density at radius 1 is 1.39 bits per heavy atom. The van der Waals surface area contributed by atoms with Crippen LogP contribution in [-0.4, -0.2) is 26.2 Å². The monoisotopic (exact) mass is 248 g/mol. The van der Waals surface area contributed by atoms with Gasteiger partial charge in [0.05, 0.1) is 7.11 Å². The highest BCUT2D eigenvalue weighted by atomic mass is 16.5. The van der Waals surface area contributed by atoms with Crippen molar-refractivity contribution in [3.63, 3.8) is 0 Å². The average Bonchev–Trinajstić information content (AvgIpc) is 2.40. The molecule has 0 amide bonds. The van der Waals surface area contributed by atoms with E-state index >= 15 is 0 Å². The van der Waals surface area contributed by atoms with Crippen molar-refractivity contribution in [1.29, 1.82) is 0 Å². The van der Waals surface area contributed by atoms with E-state index in [1.807, 2.05) is 6.07 Å². The third kappa shape index (κ3) is 3.72. The molecule has 1 aromatic rings. The molecule has 100 valence electrons. The smallest absolute Gasteiger partial charge is 0.123 e. The first-order valence-electron chi connectivity index (χ1n) is 6.87. The molecular weight excluding hydrogens is 224 g/mol. The molecule has 0 bridgehead atoms. The third-order valence-corrected chi connectivity index (χ3v) is 3.55. The Morgan fingerprint density at radius 2 is 2.28 bits per heavy atom. The fraction of sp³-hybridized carbons (Fsp3) is 0.600. The first kappa shape index (κ1) is 13.4. The summed E-state index contributed by atoms with van der Waals surface area (Å²) < 4.78 is 5.39. The van der Waals surface area contributed by atoms with Crippen molar-refractivity contribution in [2.45, 2.75) is 38.8 Å².